The van der Waals surface area contributed by atoms with Crippen molar-refractivity contribution in [2.24, 2.45) is 0 Å². The molecule has 0 heterocycles. The van der Waals surface area contributed by atoms with Crippen molar-refractivity contribution in [3.05, 3.63) is 47.2 Å². The summed E-state index contributed by atoms with van der Waals surface area (Å²) in [7, 11) is 0.995. The Morgan fingerprint density at radius 2 is 2.00 bits per heavy atom. The maximum Gasteiger partial charge on any atom is 0.504 e. The van der Waals surface area contributed by atoms with E-state index in [1.165, 1.54) is 25.3 Å². The second-order valence-corrected chi connectivity index (χ2v) is 4.17. The fourth-order valence-corrected chi connectivity index (χ4v) is 2.02. The summed E-state index contributed by atoms with van der Waals surface area (Å²) < 4.78 is 23.4. The third kappa shape index (κ3) is 3.00. The van der Waals surface area contributed by atoms with Crippen LogP contribution in [-0.4, -0.2) is 19.8 Å². The van der Waals surface area contributed by atoms with Crippen LogP contribution in [0.5, 0.6) is 11.5 Å². The van der Waals surface area contributed by atoms with Crippen molar-refractivity contribution in [3.8, 4) is 22.6 Å². The maximum atomic E-state index is 13.2. The van der Waals surface area contributed by atoms with E-state index in [0.717, 1.165) is 0 Å². The summed E-state index contributed by atoms with van der Waals surface area (Å²) in [6, 6.07) is 9.26. The number of rotatable bonds is 4. The monoisotopic (exact) mass is 280 g/mol. The summed E-state index contributed by atoms with van der Waals surface area (Å²) in [5.41, 5.74) is 1.27. The Labute approximate surface area is 115 Å². The summed E-state index contributed by atoms with van der Waals surface area (Å²) in [6.07, 6.45) is 0. The fraction of sp³-hybridized carbons (Fsp3) is 0.0769. The highest BCUT2D eigenvalue weighted by Gasteiger charge is 2.12. The SMILES string of the molecule is COc1cc(-c2cccc(F)c2)c(Cl)cc1OBO. The van der Waals surface area contributed by atoms with Crippen LogP contribution in [0.25, 0.3) is 11.1 Å². The van der Waals surface area contributed by atoms with Crippen molar-refractivity contribution in [1.82, 2.24) is 0 Å². The molecule has 0 fully saturated rings. The Kier molecular flexibility index (Phi) is 4.29. The second-order valence-electron chi connectivity index (χ2n) is 3.77. The summed E-state index contributed by atoms with van der Waals surface area (Å²) in [5, 5.41) is 9.17. The molecule has 0 unspecified atom stereocenters. The van der Waals surface area contributed by atoms with E-state index in [1.807, 2.05) is 0 Å². The molecule has 0 aliphatic carbocycles. The van der Waals surface area contributed by atoms with Gasteiger partial charge in [-0.2, -0.15) is 0 Å². The van der Waals surface area contributed by atoms with Gasteiger partial charge in [-0.05, 0) is 23.8 Å². The minimum Gasteiger partial charge on any atom is -0.536 e. The molecular formula is C13H11BClFO3. The fourth-order valence-electron chi connectivity index (χ4n) is 1.75. The molecule has 0 aliphatic heterocycles. The summed E-state index contributed by atoms with van der Waals surface area (Å²) in [6.45, 7) is 0. The van der Waals surface area contributed by atoms with Crippen LogP contribution in [0.4, 0.5) is 4.39 Å². The van der Waals surface area contributed by atoms with Crippen LogP contribution < -0.4 is 9.39 Å². The van der Waals surface area contributed by atoms with E-state index in [-0.39, 0.29) is 5.82 Å². The third-order valence-electron chi connectivity index (χ3n) is 2.61. The van der Waals surface area contributed by atoms with Gasteiger partial charge in [0.05, 0.1) is 12.1 Å². The Hall–Kier alpha value is -1.72. The van der Waals surface area contributed by atoms with Gasteiger partial charge in [-0.1, -0.05) is 23.7 Å². The zero-order valence-corrected chi connectivity index (χ0v) is 10.9. The minimum atomic E-state index is -0.480. The molecule has 98 valence electrons. The molecule has 0 atom stereocenters. The highest BCUT2D eigenvalue weighted by Crippen LogP contribution is 2.38. The van der Waals surface area contributed by atoms with Crippen molar-refractivity contribution in [1.29, 1.82) is 0 Å². The van der Waals surface area contributed by atoms with Crippen molar-refractivity contribution < 1.29 is 18.8 Å². The van der Waals surface area contributed by atoms with Crippen LogP contribution in [0, 0.1) is 5.82 Å². The number of benzene rings is 2. The van der Waals surface area contributed by atoms with Gasteiger partial charge in [-0.3, -0.25) is 0 Å². The lowest BCUT2D eigenvalue weighted by Gasteiger charge is -2.12. The molecule has 0 radical (unpaired) electrons. The number of hydrogen-bond acceptors (Lipinski definition) is 3. The van der Waals surface area contributed by atoms with Gasteiger partial charge in [0.1, 0.15) is 11.6 Å². The van der Waals surface area contributed by atoms with Crippen LogP contribution in [0.3, 0.4) is 0 Å². The van der Waals surface area contributed by atoms with Crippen LogP contribution in [0.1, 0.15) is 0 Å². The molecule has 0 spiro atoms. The van der Waals surface area contributed by atoms with Crippen LogP contribution in [0.15, 0.2) is 36.4 Å². The molecule has 2 aromatic rings. The predicted octanol–water partition coefficient (Wildman–Crippen LogP) is 2.79. The van der Waals surface area contributed by atoms with Gasteiger partial charge in [-0.15, -0.1) is 0 Å². The van der Waals surface area contributed by atoms with E-state index < -0.39 is 7.69 Å². The van der Waals surface area contributed by atoms with Gasteiger partial charge in [0.2, 0.25) is 0 Å². The van der Waals surface area contributed by atoms with E-state index in [4.69, 9.17) is 26.0 Å². The van der Waals surface area contributed by atoms with Crippen molar-refractivity contribution in [2.75, 3.05) is 7.11 Å². The Morgan fingerprint density at radius 3 is 2.63 bits per heavy atom. The quantitative estimate of drug-likeness (QED) is 0.875. The van der Waals surface area contributed by atoms with Gasteiger partial charge in [0.25, 0.3) is 0 Å². The number of halogens is 2. The van der Waals surface area contributed by atoms with E-state index >= 15 is 0 Å². The lowest BCUT2D eigenvalue weighted by Crippen LogP contribution is -2.02. The zero-order chi connectivity index (χ0) is 13.8. The predicted molar refractivity (Wildman–Crippen MR) is 73.4 cm³/mol. The largest absolute Gasteiger partial charge is 0.536 e. The molecular weight excluding hydrogens is 269 g/mol. The van der Waals surface area contributed by atoms with Gasteiger partial charge < -0.3 is 14.4 Å². The first-order valence-corrected chi connectivity index (χ1v) is 5.90. The highest BCUT2D eigenvalue weighted by molar-refractivity contribution is 6.33. The topological polar surface area (TPSA) is 38.7 Å². The molecule has 2 aromatic carbocycles. The lowest BCUT2D eigenvalue weighted by atomic mass is 10.0. The molecule has 6 heteroatoms. The van der Waals surface area contributed by atoms with Crippen molar-refractivity contribution >= 4 is 19.3 Å². The first-order chi connectivity index (χ1) is 9.15. The number of ether oxygens (including phenoxy) is 1. The highest BCUT2D eigenvalue weighted by atomic mass is 35.5. The Bertz CT molecular complexity index is 592. The maximum absolute atomic E-state index is 13.2. The molecule has 1 N–H and O–H groups in total. The van der Waals surface area contributed by atoms with Crippen LogP contribution in [0.2, 0.25) is 5.02 Å². The standard InChI is InChI=1S/C13H11BClFO3/c1-18-12-6-10(8-3-2-4-9(16)5-8)11(15)7-13(12)19-14-17/h2-7,14,17H,1H3. The molecule has 0 aromatic heterocycles. The summed E-state index contributed by atoms with van der Waals surface area (Å²) >= 11 is 6.14. The summed E-state index contributed by atoms with van der Waals surface area (Å²) in [5.74, 6) is 0.399. The van der Waals surface area contributed by atoms with Crippen molar-refractivity contribution in [2.45, 2.75) is 0 Å². The van der Waals surface area contributed by atoms with Crippen molar-refractivity contribution in [3.63, 3.8) is 0 Å². The smallest absolute Gasteiger partial charge is 0.504 e. The minimum absolute atomic E-state index is 0.329. The first-order valence-electron chi connectivity index (χ1n) is 5.53. The van der Waals surface area contributed by atoms with Crippen LogP contribution >= 0.6 is 11.6 Å². The normalized spacial score (nSPS) is 10.1. The molecule has 19 heavy (non-hydrogen) atoms. The molecule has 0 bridgehead atoms. The zero-order valence-electron chi connectivity index (χ0n) is 10.2. The molecule has 0 saturated carbocycles. The molecule has 0 saturated heterocycles. The molecule has 0 amide bonds. The van der Waals surface area contributed by atoms with E-state index in [0.29, 0.717) is 27.6 Å². The van der Waals surface area contributed by atoms with E-state index in [1.54, 1.807) is 18.2 Å². The average molecular weight is 280 g/mol. The number of methoxy groups -OCH3 is 1. The Morgan fingerprint density at radius 1 is 1.21 bits per heavy atom. The second kappa shape index (κ2) is 5.95. The lowest BCUT2D eigenvalue weighted by molar-refractivity contribution is 0.382. The molecule has 2 rings (SSSR count). The third-order valence-corrected chi connectivity index (χ3v) is 2.92. The molecule has 3 nitrogen and oxygen atoms in total. The average Bonchev–Trinajstić information content (AvgIpc) is 2.39. The summed E-state index contributed by atoms with van der Waals surface area (Å²) in [4.78, 5) is 0. The van der Waals surface area contributed by atoms with Gasteiger partial charge in [-0.25, -0.2) is 4.39 Å². The van der Waals surface area contributed by atoms with E-state index in [9.17, 15) is 4.39 Å². The molecule has 0 aliphatic rings. The Balaban J connectivity index is 2.52. The van der Waals surface area contributed by atoms with Gasteiger partial charge in [0.15, 0.2) is 5.75 Å². The van der Waals surface area contributed by atoms with Crippen LogP contribution in [-0.2, 0) is 0 Å². The van der Waals surface area contributed by atoms with E-state index in [2.05, 4.69) is 0 Å². The number of hydrogen-bond donors (Lipinski definition) is 1. The van der Waals surface area contributed by atoms with Gasteiger partial charge in [0, 0.05) is 11.6 Å². The first kappa shape index (κ1) is 13.7. The van der Waals surface area contributed by atoms with Gasteiger partial charge >= 0.3 is 7.69 Å².